The molecule has 2 aromatic heterocycles. The number of halogens is 1. The summed E-state index contributed by atoms with van der Waals surface area (Å²) in [6.07, 6.45) is 5.49. The molecule has 1 amide bonds. The summed E-state index contributed by atoms with van der Waals surface area (Å²) in [6.45, 7) is 1.60. The first-order valence-corrected chi connectivity index (χ1v) is 11.7. The number of ether oxygens (including phenoxy) is 1. The van der Waals surface area contributed by atoms with Crippen LogP contribution in [0.4, 0.5) is 5.82 Å². The number of piperazine rings is 1. The van der Waals surface area contributed by atoms with E-state index in [1.165, 1.54) is 0 Å². The summed E-state index contributed by atoms with van der Waals surface area (Å²) in [4.78, 5) is 29.0. The van der Waals surface area contributed by atoms with Gasteiger partial charge in [-0.1, -0.05) is 11.6 Å². The first-order chi connectivity index (χ1) is 15.4. The number of fused-ring (bicyclic) bond motifs is 3. The normalized spacial score (nSPS) is 19.7. The van der Waals surface area contributed by atoms with Gasteiger partial charge < -0.3 is 19.5 Å². The van der Waals surface area contributed by atoms with Crippen LogP contribution < -0.4 is 14.8 Å². The van der Waals surface area contributed by atoms with Crippen molar-refractivity contribution < 1.29 is 17.9 Å². The molecule has 2 fully saturated rings. The Hall–Kier alpha value is -2.89. The van der Waals surface area contributed by atoms with Gasteiger partial charge in [0.2, 0.25) is 0 Å². The minimum Gasteiger partial charge on any atom is -0.484 e. The number of hydrogen-bond donors (Lipinski definition) is 3. The van der Waals surface area contributed by atoms with Crippen LogP contribution in [0.1, 0.15) is 12.8 Å². The molecule has 10 nitrogen and oxygen atoms in total. The first kappa shape index (κ1) is 22.3. The number of rotatable bonds is 4. The predicted molar refractivity (Wildman–Crippen MR) is 121 cm³/mol. The number of amides is 1. The van der Waals surface area contributed by atoms with Gasteiger partial charge in [-0.2, -0.15) is 0 Å². The highest BCUT2D eigenvalue weighted by Gasteiger charge is 2.43. The Morgan fingerprint density at radius 1 is 1.16 bits per heavy atom. The van der Waals surface area contributed by atoms with Crippen molar-refractivity contribution in [2.24, 2.45) is 5.14 Å². The quantitative estimate of drug-likeness (QED) is 0.481. The van der Waals surface area contributed by atoms with Crippen LogP contribution in [0.2, 0.25) is 5.02 Å². The third-order valence-corrected chi connectivity index (χ3v) is 5.83. The lowest BCUT2D eigenvalue weighted by molar-refractivity contribution is -0.136. The molecule has 4 heterocycles. The van der Waals surface area contributed by atoms with Crippen molar-refractivity contribution >= 4 is 45.2 Å². The Balaban J connectivity index is 0.000000567. The molecule has 1 aromatic carbocycles. The second-order valence-corrected chi connectivity index (χ2v) is 8.56. The molecule has 170 valence electrons. The van der Waals surface area contributed by atoms with Gasteiger partial charge in [0.1, 0.15) is 23.5 Å². The van der Waals surface area contributed by atoms with Crippen molar-refractivity contribution in [3.8, 4) is 5.75 Å². The average molecular weight is 479 g/mol. The van der Waals surface area contributed by atoms with Gasteiger partial charge in [-0.15, -0.1) is 0 Å². The number of nitrogens with two attached hydrogens (primary N) is 1. The van der Waals surface area contributed by atoms with Crippen molar-refractivity contribution in [2.75, 3.05) is 24.6 Å². The summed E-state index contributed by atoms with van der Waals surface area (Å²) in [5.41, 5.74) is 0.840. The molecule has 5 rings (SSSR count). The van der Waals surface area contributed by atoms with E-state index in [9.17, 15) is 4.79 Å². The van der Waals surface area contributed by atoms with E-state index in [1.54, 1.807) is 30.6 Å². The summed E-state index contributed by atoms with van der Waals surface area (Å²) in [5.74, 6) is 1.63. The Morgan fingerprint density at radius 2 is 1.81 bits per heavy atom. The number of thiol groups is 1. The molecule has 32 heavy (non-hydrogen) atoms. The van der Waals surface area contributed by atoms with E-state index in [1.807, 2.05) is 17.2 Å². The smallest absolute Gasteiger partial charge is 0.261 e. The molecule has 2 aliphatic heterocycles. The van der Waals surface area contributed by atoms with Gasteiger partial charge in [0.05, 0.1) is 5.39 Å². The SMILES string of the molecule is N[SH](=O)=O.O=C(COc1ccc(Cl)cc1)N1C2CCC1CN(c1ncnc3[nH]ccc13)C2. The van der Waals surface area contributed by atoms with Gasteiger partial charge in [0.15, 0.2) is 17.5 Å². The highest BCUT2D eigenvalue weighted by atomic mass is 35.5. The van der Waals surface area contributed by atoms with Gasteiger partial charge in [0, 0.05) is 36.4 Å². The number of carbonyl (C=O) groups excluding carboxylic acids is 1. The zero-order valence-corrected chi connectivity index (χ0v) is 18.7. The maximum Gasteiger partial charge on any atom is 0.261 e. The lowest BCUT2D eigenvalue weighted by Crippen LogP contribution is -2.57. The molecule has 0 radical (unpaired) electrons. The van der Waals surface area contributed by atoms with E-state index < -0.39 is 10.9 Å². The maximum absolute atomic E-state index is 12.8. The molecule has 0 saturated carbocycles. The van der Waals surface area contributed by atoms with Crippen molar-refractivity contribution in [2.45, 2.75) is 24.9 Å². The third-order valence-electron chi connectivity index (χ3n) is 5.58. The molecule has 2 atom stereocenters. The van der Waals surface area contributed by atoms with Crippen molar-refractivity contribution in [3.63, 3.8) is 0 Å². The van der Waals surface area contributed by atoms with Crippen LogP contribution >= 0.6 is 11.6 Å². The number of H-pyrrole nitrogens is 1. The zero-order chi connectivity index (χ0) is 22.7. The molecule has 3 aromatic rings. The minimum absolute atomic E-state index is 0.0385. The standard InChI is InChI=1S/C20H20ClN5O2.H3NO2S/c21-13-1-5-16(6-2-13)28-11-18(27)26-14-3-4-15(26)10-25(9-14)20-17-7-8-22-19(17)23-12-24-20;1-4(2)3/h1-2,5-8,12,14-15H,3-4,9-11H2,(H,22,23,24);4H,(H2,1,2,3). The monoisotopic (exact) mass is 478 g/mol. The van der Waals surface area contributed by atoms with E-state index in [2.05, 4.69) is 25.0 Å². The van der Waals surface area contributed by atoms with Gasteiger partial charge in [-0.25, -0.2) is 23.5 Å². The van der Waals surface area contributed by atoms with E-state index in [-0.39, 0.29) is 24.6 Å². The van der Waals surface area contributed by atoms with Crippen LogP contribution in [0.3, 0.4) is 0 Å². The second-order valence-electron chi connectivity index (χ2n) is 7.56. The molecule has 2 aliphatic rings. The van der Waals surface area contributed by atoms with Crippen LogP contribution in [0.15, 0.2) is 42.9 Å². The van der Waals surface area contributed by atoms with Crippen LogP contribution in [0, 0.1) is 0 Å². The second kappa shape index (κ2) is 9.72. The molecule has 2 bridgehead atoms. The van der Waals surface area contributed by atoms with Gasteiger partial charge in [0.25, 0.3) is 5.91 Å². The summed E-state index contributed by atoms with van der Waals surface area (Å²) in [6, 6.07) is 9.44. The molecule has 2 unspecified atom stereocenters. The number of nitrogens with zero attached hydrogens (tertiary/aromatic N) is 4. The predicted octanol–water partition coefficient (Wildman–Crippen LogP) is 1.34. The van der Waals surface area contributed by atoms with E-state index in [0.717, 1.165) is 42.8 Å². The number of hydrogen-bond acceptors (Lipinski definition) is 7. The van der Waals surface area contributed by atoms with Crippen LogP contribution in [-0.4, -0.2) is 66.0 Å². The third kappa shape index (κ3) is 4.95. The van der Waals surface area contributed by atoms with Crippen LogP contribution in [0.25, 0.3) is 11.0 Å². The fraction of sp³-hybridized carbons (Fsp3) is 0.350. The summed E-state index contributed by atoms with van der Waals surface area (Å²) in [7, 11) is -2.62. The summed E-state index contributed by atoms with van der Waals surface area (Å²) in [5, 5.41) is 5.73. The Kier molecular flexibility index (Phi) is 6.77. The number of benzene rings is 1. The molecule has 0 spiro atoms. The Bertz CT molecular complexity index is 1150. The van der Waals surface area contributed by atoms with Crippen molar-refractivity contribution in [1.82, 2.24) is 19.9 Å². The largest absolute Gasteiger partial charge is 0.484 e. The highest BCUT2D eigenvalue weighted by Crippen LogP contribution is 2.34. The van der Waals surface area contributed by atoms with Crippen LogP contribution in [0.5, 0.6) is 5.75 Å². The van der Waals surface area contributed by atoms with Crippen molar-refractivity contribution in [3.05, 3.63) is 47.9 Å². The fourth-order valence-corrected chi connectivity index (χ4v) is 4.47. The zero-order valence-electron chi connectivity index (χ0n) is 17.1. The molecular formula is C20H23ClN6O4S. The average Bonchev–Trinajstić information content (AvgIpc) is 3.34. The lowest BCUT2D eigenvalue weighted by atomic mass is 10.1. The lowest BCUT2D eigenvalue weighted by Gasteiger charge is -2.41. The fourth-order valence-electron chi connectivity index (χ4n) is 4.34. The van der Waals surface area contributed by atoms with Gasteiger partial charge in [-0.3, -0.25) is 4.79 Å². The Morgan fingerprint density at radius 3 is 2.47 bits per heavy atom. The molecule has 12 heteroatoms. The summed E-state index contributed by atoms with van der Waals surface area (Å²) >= 11 is 5.89. The topological polar surface area (TPSA) is 135 Å². The number of nitrogens with one attached hydrogen (secondary N) is 1. The number of aromatic nitrogens is 3. The summed E-state index contributed by atoms with van der Waals surface area (Å²) < 4.78 is 23.3. The molecular weight excluding hydrogens is 456 g/mol. The maximum atomic E-state index is 12.8. The van der Waals surface area contributed by atoms with Crippen molar-refractivity contribution in [1.29, 1.82) is 0 Å². The van der Waals surface area contributed by atoms with Gasteiger partial charge >= 0.3 is 0 Å². The molecule has 3 N–H and O–H groups in total. The first-order valence-electron chi connectivity index (χ1n) is 10.0. The van der Waals surface area contributed by atoms with Gasteiger partial charge in [-0.05, 0) is 43.2 Å². The Labute approximate surface area is 191 Å². The number of carbonyl (C=O) groups is 1. The number of anilines is 1. The molecule has 0 aliphatic carbocycles. The minimum atomic E-state index is -2.62. The van der Waals surface area contributed by atoms with E-state index in [0.29, 0.717) is 10.8 Å². The highest BCUT2D eigenvalue weighted by molar-refractivity contribution is 7.69. The number of aromatic amines is 1. The van der Waals surface area contributed by atoms with E-state index >= 15 is 0 Å². The van der Waals surface area contributed by atoms with E-state index in [4.69, 9.17) is 24.8 Å². The molecule has 2 saturated heterocycles. The van der Waals surface area contributed by atoms with Crippen LogP contribution in [-0.2, 0) is 15.7 Å².